The number of nitrogens with one attached hydrogen (secondary N) is 3. The van der Waals surface area contributed by atoms with Gasteiger partial charge in [-0.25, -0.2) is 14.4 Å². The zero-order valence-electron chi connectivity index (χ0n) is 16.0. The van der Waals surface area contributed by atoms with Crippen LogP contribution in [0.4, 0.5) is 15.9 Å². The Bertz CT molecular complexity index is 1100. The predicted octanol–water partition coefficient (Wildman–Crippen LogP) is 5.50. The predicted molar refractivity (Wildman–Crippen MR) is 120 cm³/mol. The summed E-state index contributed by atoms with van der Waals surface area (Å²) in [5.41, 5.74) is 3.86. The quantitative estimate of drug-likeness (QED) is 0.255. The molecule has 0 amide bonds. The number of hydrogen-bond donors (Lipinski definition) is 4. The molecule has 29 heavy (non-hydrogen) atoms. The van der Waals surface area contributed by atoms with Crippen LogP contribution >= 0.6 is 24.2 Å². The molecule has 0 atom stereocenters. The van der Waals surface area contributed by atoms with Gasteiger partial charge in [-0.15, -0.1) is 12.6 Å². The first-order valence-electron chi connectivity index (χ1n) is 8.91. The minimum absolute atomic E-state index is 0.238. The fourth-order valence-corrected chi connectivity index (χ4v) is 3.16. The highest BCUT2D eigenvalue weighted by Gasteiger charge is 2.07. The number of thiol groups is 1. The van der Waals surface area contributed by atoms with Crippen LogP contribution in [-0.2, 0) is 6.54 Å². The Kier molecular flexibility index (Phi) is 7.09. The van der Waals surface area contributed by atoms with E-state index in [-0.39, 0.29) is 5.82 Å². The Morgan fingerprint density at radius 1 is 1.21 bits per heavy atom. The molecule has 150 valence electrons. The van der Waals surface area contributed by atoms with Gasteiger partial charge in [0.25, 0.3) is 0 Å². The molecular formula is C21H21ClFN5S. The molecule has 3 aromatic heterocycles. The molecule has 3 N–H and O–H groups in total. The largest absolute Gasteiger partial charge is 0.361 e. The van der Waals surface area contributed by atoms with Crippen molar-refractivity contribution in [1.29, 1.82) is 0 Å². The Morgan fingerprint density at radius 2 is 2.03 bits per heavy atom. The Labute approximate surface area is 179 Å². The maximum atomic E-state index is 12.1. The maximum Gasteiger partial charge on any atom is 0.152 e. The lowest BCUT2D eigenvalue weighted by molar-refractivity contribution is 0.624. The van der Waals surface area contributed by atoms with Crippen molar-refractivity contribution in [2.24, 2.45) is 0 Å². The van der Waals surface area contributed by atoms with E-state index < -0.39 is 0 Å². The molecule has 0 aliphatic rings. The molecule has 0 bridgehead atoms. The third-order valence-electron chi connectivity index (χ3n) is 4.08. The van der Waals surface area contributed by atoms with Gasteiger partial charge in [0, 0.05) is 41.0 Å². The van der Waals surface area contributed by atoms with Crippen molar-refractivity contribution in [2.45, 2.75) is 18.4 Å². The number of rotatable bonds is 4. The van der Waals surface area contributed by atoms with E-state index in [2.05, 4.69) is 38.2 Å². The second-order valence-corrected chi connectivity index (χ2v) is 7.23. The number of aromatic amines is 1. The van der Waals surface area contributed by atoms with Crippen LogP contribution in [0.5, 0.6) is 0 Å². The van der Waals surface area contributed by atoms with Crippen LogP contribution < -0.4 is 10.6 Å². The van der Waals surface area contributed by atoms with Crippen molar-refractivity contribution >= 4 is 46.6 Å². The lowest BCUT2D eigenvalue weighted by atomic mass is 10.2. The zero-order valence-corrected chi connectivity index (χ0v) is 17.7. The van der Waals surface area contributed by atoms with Gasteiger partial charge in [0.15, 0.2) is 5.15 Å². The van der Waals surface area contributed by atoms with Crippen molar-refractivity contribution in [3.63, 3.8) is 0 Å². The molecule has 8 heteroatoms. The highest BCUT2D eigenvalue weighted by atomic mass is 35.5. The zero-order chi connectivity index (χ0) is 20.8. The summed E-state index contributed by atoms with van der Waals surface area (Å²) in [5, 5.41) is 7.89. The van der Waals surface area contributed by atoms with Crippen molar-refractivity contribution in [1.82, 2.24) is 20.3 Å². The molecule has 0 spiro atoms. The summed E-state index contributed by atoms with van der Waals surface area (Å²) in [6.07, 6.45) is 3.85. The number of pyridine rings is 2. The Balaban J connectivity index is 0.000000252. The fraction of sp³-hybridized carbons (Fsp3) is 0.143. The van der Waals surface area contributed by atoms with E-state index in [1.54, 1.807) is 12.1 Å². The number of fused-ring (bicyclic) bond motifs is 1. The number of aromatic nitrogens is 3. The van der Waals surface area contributed by atoms with E-state index in [0.29, 0.717) is 10.0 Å². The summed E-state index contributed by atoms with van der Waals surface area (Å²) in [5.74, 6) is 0.491. The third-order valence-corrected chi connectivity index (χ3v) is 4.64. The van der Waals surface area contributed by atoms with E-state index in [9.17, 15) is 4.39 Å². The fourth-order valence-electron chi connectivity index (χ4n) is 2.71. The van der Waals surface area contributed by atoms with Gasteiger partial charge >= 0.3 is 0 Å². The summed E-state index contributed by atoms with van der Waals surface area (Å²) in [4.78, 5) is 12.6. The Morgan fingerprint density at radius 3 is 2.69 bits per heavy atom. The molecule has 0 saturated heterocycles. The van der Waals surface area contributed by atoms with Crippen LogP contribution in [0.1, 0.15) is 11.3 Å². The summed E-state index contributed by atoms with van der Waals surface area (Å²) < 4.78 is 12.1. The molecule has 4 rings (SSSR count). The standard InChI is InChI=1S/C15H16ClN5.C6H5FS/c1-9-3-4-12(15(16)20-9)21-14-5-13-11(8-19-14)10(6-17-2)7-18-13;7-5-2-1-3-6(8)4-5/h3-5,7-8,17-18H,6H2,1-2H3,(H,19,21);1-4,8H. The van der Waals surface area contributed by atoms with Gasteiger partial charge in [-0.3, -0.25) is 0 Å². The monoisotopic (exact) mass is 429 g/mol. The number of benzene rings is 1. The number of H-pyrrole nitrogens is 1. The number of nitrogens with zero attached hydrogens (tertiary/aromatic N) is 2. The molecule has 1 aromatic carbocycles. The van der Waals surface area contributed by atoms with Crippen molar-refractivity contribution < 1.29 is 4.39 Å². The minimum atomic E-state index is -0.238. The molecule has 0 aliphatic heterocycles. The third kappa shape index (κ3) is 5.69. The van der Waals surface area contributed by atoms with Gasteiger partial charge < -0.3 is 15.6 Å². The Hall–Kier alpha value is -2.61. The van der Waals surface area contributed by atoms with Gasteiger partial charge in [0.1, 0.15) is 11.6 Å². The van der Waals surface area contributed by atoms with E-state index in [1.165, 1.54) is 17.7 Å². The van der Waals surface area contributed by atoms with E-state index in [0.717, 1.165) is 34.6 Å². The first-order valence-corrected chi connectivity index (χ1v) is 9.74. The van der Waals surface area contributed by atoms with Gasteiger partial charge in [-0.1, -0.05) is 17.7 Å². The molecule has 4 aromatic rings. The first-order chi connectivity index (χ1) is 14.0. The first kappa shape index (κ1) is 21.1. The summed E-state index contributed by atoms with van der Waals surface area (Å²) >= 11 is 10.0. The topological polar surface area (TPSA) is 65.6 Å². The van der Waals surface area contributed by atoms with E-state index >= 15 is 0 Å². The van der Waals surface area contributed by atoms with Crippen molar-refractivity contribution in [2.75, 3.05) is 12.4 Å². The van der Waals surface area contributed by atoms with Crippen LogP contribution in [0, 0.1) is 12.7 Å². The molecule has 0 aliphatic carbocycles. The molecule has 5 nitrogen and oxygen atoms in total. The second kappa shape index (κ2) is 9.73. The number of halogens is 2. The molecule has 0 radical (unpaired) electrons. The molecule has 0 fully saturated rings. The second-order valence-electron chi connectivity index (χ2n) is 6.36. The lowest BCUT2D eigenvalue weighted by Crippen LogP contribution is -2.04. The molecule has 0 saturated carbocycles. The van der Waals surface area contributed by atoms with Gasteiger partial charge in [-0.2, -0.15) is 0 Å². The highest BCUT2D eigenvalue weighted by molar-refractivity contribution is 7.80. The van der Waals surface area contributed by atoms with Crippen LogP contribution in [0.15, 0.2) is 59.8 Å². The summed E-state index contributed by atoms with van der Waals surface area (Å²) in [6, 6.07) is 11.9. The molecule has 0 unspecified atom stereocenters. The average molecular weight is 430 g/mol. The van der Waals surface area contributed by atoms with E-state index in [1.807, 2.05) is 44.6 Å². The van der Waals surface area contributed by atoms with Crippen LogP contribution in [0.25, 0.3) is 10.9 Å². The lowest BCUT2D eigenvalue weighted by Gasteiger charge is -2.07. The SMILES string of the molecule is CNCc1c[nH]c2cc(Nc3ccc(C)nc3Cl)ncc12.Fc1cccc(S)c1. The van der Waals surface area contributed by atoms with Gasteiger partial charge in [0.2, 0.25) is 0 Å². The normalized spacial score (nSPS) is 10.5. The summed E-state index contributed by atoms with van der Waals surface area (Å²) in [7, 11) is 1.93. The van der Waals surface area contributed by atoms with Crippen molar-refractivity contribution in [3.05, 3.63) is 77.1 Å². The van der Waals surface area contributed by atoms with Crippen LogP contribution in [0.2, 0.25) is 5.15 Å². The highest BCUT2D eigenvalue weighted by Crippen LogP contribution is 2.25. The molecule has 3 heterocycles. The molecular weight excluding hydrogens is 409 g/mol. The number of hydrogen-bond acceptors (Lipinski definition) is 5. The van der Waals surface area contributed by atoms with Crippen LogP contribution in [-0.4, -0.2) is 22.0 Å². The number of anilines is 2. The minimum Gasteiger partial charge on any atom is -0.361 e. The smallest absolute Gasteiger partial charge is 0.152 e. The van der Waals surface area contributed by atoms with Gasteiger partial charge in [-0.05, 0) is 49.9 Å². The van der Waals surface area contributed by atoms with Crippen molar-refractivity contribution in [3.8, 4) is 0 Å². The average Bonchev–Trinajstić information content (AvgIpc) is 3.07. The number of aryl methyl sites for hydroxylation is 1. The summed E-state index contributed by atoms with van der Waals surface area (Å²) in [6.45, 7) is 2.71. The van der Waals surface area contributed by atoms with E-state index in [4.69, 9.17) is 11.6 Å². The van der Waals surface area contributed by atoms with Gasteiger partial charge in [0.05, 0.1) is 11.2 Å². The van der Waals surface area contributed by atoms with Crippen LogP contribution in [0.3, 0.4) is 0 Å². The maximum absolute atomic E-state index is 12.1.